The Balaban J connectivity index is 1.89. The molecular weight excluding hydrogens is 264 g/mol. The maximum atomic E-state index is 12.5. The normalized spacial score (nSPS) is 23.5. The molecule has 0 bridgehead atoms. The lowest BCUT2D eigenvalue weighted by Crippen LogP contribution is -2.53. The van der Waals surface area contributed by atoms with E-state index in [2.05, 4.69) is 11.0 Å². The number of nitrogens with zero attached hydrogens (tertiary/aromatic N) is 3. The Morgan fingerprint density at radius 2 is 1.95 bits per heavy atom. The quantitative estimate of drug-likeness (QED) is 0.848. The van der Waals surface area contributed by atoms with Crippen LogP contribution in [0.5, 0.6) is 0 Å². The Labute approximate surface area is 128 Å². The van der Waals surface area contributed by atoms with Gasteiger partial charge in [0.05, 0.1) is 12.6 Å². The van der Waals surface area contributed by atoms with Crippen molar-refractivity contribution >= 4 is 5.91 Å². The van der Waals surface area contributed by atoms with Crippen LogP contribution in [0.4, 0.5) is 0 Å². The average Bonchev–Trinajstić information content (AvgIpc) is 2.55. The Bertz CT molecular complexity index is 390. The van der Waals surface area contributed by atoms with Gasteiger partial charge in [-0.3, -0.25) is 9.69 Å². The maximum absolute atomic E-state index is 12.5. The summed E-state index contributed by atoms with van der Waals surface area (Å²) in [5.74, 6) is 0.697. The van der Waals surface area contributed by atoms with Crippen LogP contribution < -0.4 is 5.73 Å². The molecule has 5 nitrogen and oxygen atoms in total. The van der Waals surface area contributed by atoms with E-state index in [1.807, 2.05) is 7.05 Å². The number of hydrogen-bond acceptors (Lipinski definition) is 4. The van der Waals surface area contributed by atoms with E-state index in [0.717, 1.165) is 58.2 Å². The summed E-state index contributed by atoms with van der Waals surface area (Å²) < 4.78 is 0. The van der Waals surface area contributed by atoms with Gasteiger partial charge < -0.3 is 10.6 Å². The SMILES string of the molecule is CN(C(=O)CN1CCC(CN)CC1)C1(C#N)CCCCC1. The fourth-order valence-electron chi connectivity index (χ4n) is 3.58. The van der Waals surface area contributed by atoms with Gasteiger partial charge in [0.15, 0.2) is 0 Å². The van der Waals surface area contributed by atoms with Crippen LogP contribution in [0.2, 0.25) is 0 Å². The van der Waals surface area contributed by atoms with Crippen LogP contribution in [0, 0.1) is 17.2 Å². The topological polar surface area (TPSA) is 73.4 Å². The van der Waals surface area contributed by atoms with Crippen molar-refractivity contribution in [2.45, 2.75) is 50.5 Å². The largest absolute Gasteiger partial charge is 0.330 e. The van der Waals surface area contributed by atoms with E-state index in [0.29, 0.717) is 12.5 Å². The number of carbonyl (C=O) groups is 1. The first-order chi connectivity index (χ1) is 10.1. The van der Waals surface area contributed by atoms with Gasteiger partial charge in [-0.15, -0.1) is 0 Å². The van der Waals surface area contributed by atoms with Gasteiger partial charge in [-0.05, 0) is 51.2 Å². The minimum Gasteiger partial charge on any atom is -0.330 e. The lowest BCUT2D eigenvalue weighted by atomic mass is 9.81. The standard InChI is InChI=1S/C16H28N4O/c1-19(16(13-18)7-3-2-4-8-16)15(21)12-20-9-5-14(11-17)6-10-20/h14H,2-12,17H2,1H3. The number of amides is 1. The second kappa shape index (κ2) is 7.24. The molecule has 0 radical (unpaired) electrons. The third kappa shape index (κ3) is 3.75. The molecule has 0 aromatic heterocycles. The highest BCUT2D eigenvalue weighted by Gasteiger charge is 2.39. The molecule has 118 valence electrons. The van der Waals surface area contributed by atoms with Crippen LogP contribution in [0.15, 0.2) is 0 Å². The van der Waals surface area contributed by atoms with Gasteiger partial charge in [0.2, 0.25) is 5.91 Å². The molecule has 2 fully saturated rings. The van der Waals surface area contributed by atoms with Crippen LogP contribution in [0.1, 0.15) is 44.9 Å². The molecule has 2 N–H and O–H groups in total. The fourth-order valence-corrected chi connectivity index (χ4v) is 3.58. The van der Waals surface area contributed by atoms with Gasteiger partial charge in [-0.2, -0.15) is 5.26 Å². The van der Waals surface area contributed by atoms with Crippen molar-refractivity contribution in [2.75, 3.05) is 33.2 Å². The van der Waals surface area contributed by atoms with Crippen LogP contribution in [0.25, 0.3) is 0 Å². The number of carbonyl (C=O) groups excluding carboxylic acids is 1. The van der Waals surface area contributed by atoms with Crippen LogP contribution in [-0.4, -0.2) is 54.5 Å². The van der Waals surface area contributed by atoms with Gasteiger partial charge in [0.1, 0.15) is 5.54 Å². The molecule has 1 amide bonds. The Morgan fingerprint density at radius 3 is 2.48 bits per heavy atom. The summed E-state index contributed by atoms with van der Waals surface area (Å²) in [5, 5.41) is 9.56. The van der Waals surface area contributed by atoms with Crippen molar-refractivity contribution in [3.05, 3.63) is 0 Å². The highest BCUT2D eigenvalue weighted by Crippen LogP contribution is 2.32. The second-order valence-electron chi connectivity index (χ2n) is 6.61. The molecule has 5 heteroatoms. The van der Waals surface area contributed by atoms with Crippen molar-refractivity contribution in [1.29, 1.82) is 5.26 Å². The number of nitrogens with two attached hydrogens (primary N) is 1. The van der Waals surface area contributed by atoms with Gasteiger partial charge in [0.25, 0.3) is 0 Å². The van der Waals surface area contributed by atoms with E-state index in [1.165, 1.54) is 6.42 Å². The van der Waals surface area contributed by atoms with Crippen LogP contribution in [0.3, 0.4) is 0 Å². The van der Waals surface area contributed by atoms with E-state index < -0.39 is 5.54 Å². The van der Waals surface area contributed by atoms with Crippen molar-refractivity contribution in [1.82, 2.24) is 9.80 Å². The number of hydrogen-bond donors (Lipinski definition) is 1. The van der Waals surface area contributed by atoms with E-state index in [1.54, 1.807) is 4.90 Å². The van der Waals surface area contributed by atoms with E-state index >= 15 is 0 Å². The monoisotopic (exact) mass is 292 g/mol. The molecule has 1 saturated carbocycles. The zero-order valence-electron chi connectivity index (χ0n) is 13.2. The first-order valence-corrected chi connectivity index (χ1v) is 8.21. The van der Waals surface area contributed by atoms with Gasteiger partial charge in [0, 0.05) is 7.05 Å². The lowest BCUT2D eigenvalue weighted by Gasteiger charge is -2.40. The molecule has 0 atom stereocenters. The summed E-state index contributed by atoms with van der Waals surface area (Å²) in [6.07, 6.45) is 7.08. The third-order valence-electron chi connectivity index (χ3n) is 5.30. The summed E-state index contributed by atoms with van der Waals surface area (Å²) in [6, 6.07) is 2.42. The minimum absolute atomic E-state index is 0.0876. The highest BCUT2D eigenvalue weighted by molar-refractivity contribution is 5.79. The molecule has 2 rings (SSSR count). The van der Waals surface area contributed by atoms with Gasteiger partial charge in [-0.1, -0.05) is 19.3 Å². The number of piperidine rings is 1. The molecule has 0 aromatic carbocycles. The number of likely N-dealkylation sites (tertiary alicyclic amines) is 1. The first kappa shape index (κ1) is 16.3. The Hall–Kier alpha value is -1.12. The average molecular weight is 292 g/mol. The van der Waals surface area contributed by atoms with Crippen molar-refractivity contribution in [3.63, 3.8) is 0 Å². The van der Waals surface area contributed by atoms with Crippen molar-refractivity contribution < 1.29 is 4.79 Å². The maximum Gasteiger partial charge on any atom is 0.237 e. The van der Waals surface area contributed by atoms with Crippen molar-refractivity contribution in [2.24, 2.45) is 11.7 Å². The Morgan fingerprint density at radius 1 is 1.33 bits per heavy atom. The minimum atomic E-state index is -0.565. The molecule has 1 aliphatic carbocycles. The zero-order valence-corrected chi connectivity index (χ0v) is 13.2. The lowest BCUT2D eigenvalue weighted by molar-refractivity contribution is -0.136. The van der Waals surface area contributed by atoms with Crippen LogP contribution >= 0.6 is 0 Å². The molecule has 0 unspecified atom stereocenters. The molecule has 0 spiro atoms. The van der Waals surface area contributed by atoms with Gasteiger partial charge >= 0.3 is 0 Å². The molecule has 1 saturated heterocycles. The fraction of sp³-hybridized carbons (Fsp3) is 0.875. The molecule has 1 heterocycles. The molecule has 2 aliphatic rings. The molecule has 21 heavy (non-hydrogen) atoms. The summed E-state index contributed by atoms with van der Waals surface area (Å²) in [5.41, 5.74) is 5.14. The van der Waals surface area contributed by atoms with Crippen molar-refractivity contribution in [3.8, 4) is 6.07 Å². The van der Waals surface area contributed by atoms with Crippen LogP contribution in [-0.2, 0) is 4.79 Å². The second-order valence-corrected chi connectivity index (χ2v) is 6.61. The molecular formula is C16H28N4O. The predicted molar refractivity (Wildman–Crippen MR) is 82.4 cm³/mol. The first-order valence-electron chi connectivity index (χ1n) is 8.21. The van der Waals surface area contributed by atoms with E-state index in [4.69, 9.17) is 5.73 Å². The summed E-state index contributed by atoms with van der Waals surface area (Å²) >= 11 is 0. The summed E-state index contributed by atoms with van der Waals surface area (Å²) in [4.78, 5) is 16.5. The van der Waals surface area contributed by atoms with Gasteiger partial charge in [-0.25, -0.2) is 0 Å². The summed E-state index contributed by atoms with van der Waals surface area (Å²) in [7, 11) is 1.81. The number of likely N-dealkylation sites (N-methyl/N-ethyl adjacent to an activating group) is 1. The molecule has 1 aliphatic heterocycles. The summed E-state index contributed by atoms with van der Waals surface area (Å²) in [6.45, 7) is 3.08. The molecule has 0 aromatic rings. The van der Waals surface area contributed by atoms with E-state index in [9.17, 15) is 10.1 Å². The third-order valence-corrected chi connectivity index (χ3v) is 5.30. The predicted octanol–water partition coefficient (Wildman–Crippen LogP) is 1.34. The number of nitriles is 1. The highest BCUT2D eigenvalue weighted by atomic mass is 16.2. The zero-order chi connectivity index (χ0) is 15.3. The smallest absolute Gasteiger partial charge is 0.237 e. The Kier molecular flexibility index (Phi) is 5.60. The van der Waals surface area contributed by atoms with E-state index in [-0.39, 0.29) is 5.91 Å². The number of rotatable bonds is 4.